The van der Waals surface area contributed by atoms with Gasteiger partial charge in [-0.1, -0.05) is 12.1 Å². The number of para-hydroxylation sites is 2. The van der Waals surface area contributed by atoms with E-state index in [0.717, 1.165) is 5.69 Å². The number of anilines is 2. The Kier molecular flexibility index (Phi) is 4.98. The molecule has 1 N–H and O–H groups in total. The van der Waals surface area contributed by atoms with E-state index in [1.165, 1.54) is 10.5 Å². The standard InChI is InChI=1S/C16H19N3O4S/c1-22-15-5-3-2-4-14(15)18-16-7-6-13(12-17-16)24(20,21)19-8-10-23-11-9-19/h2-7,12H,8-11H2,1H3,(H,17,18). The first-order chi connectivity index (χ1) is 11.6. The van der Waals surface area contributed by atoms with Gasteiger partial charge in [0.2, 0.25) is 10.0 Å². The molecule has 1 aromatic carbocycles. The molecule has 8 heteroatoms. The molecule has 0 spiro atoms. The number of rotatable bonds is 5. The number of benzene rings is 1. The third kappa shape index (κ3) is 3.50. The van der Waals surface area contributed by atoms with Gasteiger partial charge in [0.15, 0.2) is 0 Å². The molecule has 1 aliphatic rings. The number of ether oxygens (including phenoxy) is 2. The number of methoxy groups -OCH3 is 1. The molecule has 128 valence electrons. The van der Waals surface area contributed by atoms with Gasteiger partial charge >= 0.3 is 0 Å². The van der Waals surface area contributed by atoms with Crippen molar-refractivity contribution >= 4 is 21.5 Å². The highest BCUT2D eigenvalue weighted by molar-refractivity contribution is 7.89. The van der Waals surface area contributed by atoms with E-state index in [1.54, 1.807) is 19.2 Å². The Hall–Kier alpha value is -2.16. The molecule has 0 amide bonds. The van der Waals surface area contributed by atoms with Gasteiger partial charge in [-0.2, -0.15) is 4.31 Å². The van der Waals surface area contributed by atoms with Crippen LogP contribution in [0.4, 0.5) is 11.5 Å². The first-order valence-electron chi connectivity index (χ1n) is 7.55. The van der Waals surface area contributed by atoms with Crippen LogP contribution < -0.4 is 10.1 Å². The summed E-state index contributed by atoms with van der Waals surface area (Å²) in [4.78, 5) is 4.38. The highest BCUT2D eigenvalue weighted by Crippen LogP contribution is 2.26. The van der Waals surface area contributed by atoms with E-state index < -0.39 is 10.0 Å². The third-order valence-corrected chi connectivity index (χ3v) is 5.60. The second-order valence-electron chi connectivity index (χ2n) is 5.22. The van der Waals surface area contributed by atoms with Crippen molar-refractivity contribution < 1.29 is 17.9 Å². The fourth-order valence-corrected chi connectivity index (χ4v) is 3.78. The third-order valence-electron chi connectivity index (χ3n) is 3.71. The molecule has 0 bridgehead atoms. The molecule has 0 aliphatic carbocycles. The van der Waals surface area contributed by atoms with Crippen molar-refractivity contribution in [2.75, 3.05) is 38.7 Å². The van der Waals surface area contributed by atoms with Gasteiger partial charge in [0.1, 0.15) is 16.5 Å². The predicted octanol–water partition coefficient (Wildman–Crippen LogP) is 1.85. The van der Waals surface area contributed by atoms with Crippen molar-refractivity contribution in [3.8, 4) is 5.75 Å². The molecule has 1 saturated heterocycles. The molecule has 2 aromatic rings. The summed E-state index contributed by atoms with van der Waals surface area (Å²) in [5.74, 6) is 1.23. The van der Waals surface area contributed by atoms with E-state index in [9.17, 15) is 8.42 Å². The Morgan fingerprint density at radius 1 is 1.17 bits per heavy atom. The highest BCUT2D eigenvalue weighted by Gasteiger charge is 2.26. The van der Waals surface area contributed by atoms with Gasteiger partial charge in [0.05, 0.1) is 26.0 Å². The summed E-state index contributed by atoms with van der Waals surface area (Å²) in [7, 11) is -1.94. The zero-order chi connectivity index (χ0) is 17.0. The van der Waals surface area contributed by atoms with Crippen molar-refractivity contribution in [2.45, 2.75) is 4.90 Å². The summed E-state index contributed by atoms with van der Waals surface area (Å²) >= 11 is 0. The lowest BCUT2D eigenvalue weighted by Gasteiger charge is -2.25. The first kappa shape index (κ1) is 16.7. The van der Waals surface area contributed by atoms with E-state index in [-0.39, 0.29) is 4.90 Å². The number of sulfonamides is 1. The van der Waals surface area contributed by atoms with E-state index in [1.807, 2.05) is 24.3 Å². The van der Waals surface area contributed by atoms with Gasteiger partial charge in [-0.3, -0.25) is 0 Å². The van der Waals surface area contributed by atoms with E-state index in [2.05, 4.69) is 10.3 Å². The predicted molar refractivity (Wildman–Crippen MR) is 90.1 cm³/mol. The van der Waals surface area contributed by atoms with Gasteiger partial charge < -0.3 is 14.8 Å². The van der Waals surface area contributed by atoms with Crippen molar-refractivity contribution in [1.82, 2.24) is 9.29 Å². The molecule has 3 rings (SSSR count). The van der Waals surface area contributed by atoms with Crippen molar-refractivity contribution in [1.29, 1.82) is 0 Å². The van der Waals surface area contributed by atoms with E-state index >= 15 is 0 Å². The van der Waals surface area contributed by atoms with Crippen LogP contribution in [0.3, 0.4) is 0 Å². The molecule has 1 aliphatic heterocycles. The lowest BCUT2D eigenvalue weighted by atomic mass is 10.3. The molecule has 1 fully saturated rings. The second kappa shape index (κ2) is 7.16. The zero-order valence-corrected chi connectivity index (χ0v) is 14.1. The van der Waals surface area contributed by atoms with Crippen LogP contribution in [0.2, 0.25) is 0 Å². The minimum atomic E-state index is -3.53. The summed E-state index contributed by atoms with van der Waals surface area (Å²) in [6.07, 6.45) is 1.36. The number of aromatic nitrogens is 1. The molecule has 24 heavy (non-hydrogen) atoms. The Morgan fingerprint density at radius 3 is 2.58 bits per heavy atom. The van der Waals surface area contributed by atoms with Gasteiger partial charge in [0.25, 0.3) is 0 Å². The van der Waals surface area contributed by atoms with Gasteiger partial charge in [-0.05, 0) is 24.3 Å². The quantitative estimate of drug-likeness (QED) is 0.887. The number of pyridine rings is 1. The summed E-state index contributed by atoms with van der Waals surface area (Å²) in [6.45, 7) is 1.56. The maximum atomic E-state index is 12.5. The molecule has 2 heterocycles. The van der Waals surface area contributed by atoms with Gasteiger partial charge in [0, 0.05) is 19.3 Å². The number of nitrogens with one attached hydrogen (secondary N) is 1. The summed E-state index contributed by atoms with van der Waals surface area (Å²) in [5, 5.41) is 3.12. The van der Waals surface area contributed by atoms with Crippen LogP contribution in [0.25, 0.3) is 0 Å². The number of hydrogen-bond donors (Lipinski definition) is 1. The number of morpholine rings is 1. The minimum Gasteiger partial charge on any atom is -0.495 e. The fraction of sp³-hybridized carbons (Fsp3) is 0.312. The van der Waals surface area contributed by atoms with E-state index in [0.29, 0.717) is 37.9 Å². The molecule has 0 radical (unpaired) electrons. The topological polar surface area (TPSA) is 80.8 Å². The van der Waals surface area contributed by atoms with Crippen molar-refractivity contribution in [3.63, 3.8) is 0 Å². The minimum absolute atomic E-state index is 0.176. The Bertz CT molecular complexity index is 787. The van der Waals surface area contributed by atoms with E-state index in [4.69, 9.17) is 9.47 Å². The van der Waals surface area contributed by atoms with Crippen LogP contribution in [0.15, 0.2) is 47.5 Å². The average Bonchev–Trinajstić information content (AvgIpc) is 2.63. The molecule has 0 unspecified atom stereocenters. The van der Waals surface area contributed by atoms with Crippen LogP contribution in [-0.4, -0.2) is 51.1 Å². The largest absolute Gasteiger partial charge is 0.495 e. The number of nitrogens with zero attached hydrogens (tertiary/aromatic N) is 2. The fourth-order valence-electron chi connectivity index (χ4n) is 2.43. The number of hydrogen-bond acceptors (Lipinski definition) is 6. The summed E-state index contributed by atoms with van der Waals surface area (Å²) in [5.41, 5.74) is 0.760. The second-order valence-corrected chi connectivity index (χ2v) is 7.16. The van der Waals surface area contributed by atoms with Gasteiger partial charge in [-0.15, -0.1) is 0 Å². The van der Waals surface area contributed by atoms with Crippen molar-refractivity contribution in [3.05, 3.63) is 42.6 Å². The Balaban J connectivity index is 1.78. The summed E-state index contributed by atoms with van der Waals surface area (Å²) in [6, 6.07) is 10.6. The zero-order valence-electron chi connectivity index (χ0n) is 13.3. The van der Waals surface area contributed by atoms with Gasteiger partial charge in [-0.25, -0.2) is 13.4 Å². The average molecular weight is 349 g/mol. The molecular formula is C16H19N3O4S. The summed E-state index contributed by atoms with van der Waals surface area (Å²) < 4.78 is 37.0. The lowest BCUT2D eigenvalue weighted by molar-refractivity contribution is 0.0730. The molecule has 0 saturated carbocycles. The SMILES string of the molecule is COc1ccccc1Nc1ccc(S(=O)(=O)N2CCOCC2)cn1. The van der Waals surface area contributed by atoms with Crippen LogP contribution in [-0.2, 0) is 14.8 Å². The normalized spacial score (nSPS) is 15.9. The van der Waals surface area contributed by atoms with Crippen LogP contribution >= 0.6 is 0 Å². The molecule has 7 nitrogen and oxygen atoms in total. The van der Waals surface area contributed by atoms with Crippen LogP contribution in [0.5, 0.6) is 5.75 Å². The maximum Gasteiger partial charge on any atom is 0.244 e. The molecule has 1 aromatic heterocycles. The van der Waals surface area contributed by atoms with Crippen molar-refractivity contribution in [2.24, 2.45) is 0 Å². The molecular weight excluding hydrogens is 330 g/mol. The first-order valence-corrected chi connectivity index (χ1v) is 8.99. The monoisotopic (exact) mass is 349 g/mol. The van der Waals surface area contributed by atoms with Crippen LogP contribution in [0.1, 0.15) is 0 Å². The van der Waals surface area contributed by atoms with Crippen LogP contribution in [0, 0.1) is 0 Å². The highest BCUT2D eigenvalue weighted by atomic mass is 32.2. The lowest BCUT2D eigenvalue weighted by Crippen LogP contribution is -2.40. The Morgan fingerprint density at radius 2 is 1.92 bits per heavy atom. The maximum absolute atomic E-state index is 12.5. The smallest absolute Gasteiger partial charge is 0.244 e. The Labute approximate surface area is 141 Å². The molecule has 0 atom stereocenters.